The highest BCUT2D eigenvalue weighted by Gasteiger charge is 2.18. The van der Waals surface area contributed by atoms with Gasteiger partial charge in [0, 0.05) is 26.8 Å². The molecule has 0 aromatic carbocycles. The first kappa shape index (κ1) is 14.8. The lowest BCUT2D eigenvalue weighted by molar-refractivity contribution is 0.678. The standard InChI is InChI=1S/C14H19N5O2/c1-4-19(9-10-7-5-6-8-16-10)11-12(15)17(2)14(21)18(3)13(11)20/h5-8H,4,9,15H2,1-3H3. The molecule has 0 radical (unpaired) electrons. The third-order valence-electron chi connectivity index (χ3n) is 3.46. The quantitative estimate of drug-likeness (QED) is 0.862. The Bertz CT molecular complexity index is 748. The summed E-state index contributed by atoms with van der Waals surface area (Å²) in [5, 5.41) is 0. The Labute approximate surface area is 122 Å². The second-order valence-corrected chi connectivity index (χ2v) is 4.77. The van der Waals surface area contributed by atoms with Gasteiger partial charge in [0.1, 0.15) is 11.5 Å². The minimum atomic E-state index is -0.435. The predicted molar refractivity (Wildman–Crippen MR) is 82.3 cm³/mol. The molecule has 0 amide bonds. The van der Waals surface area contributed by atoms with E-state index in [4.69, 9.17) is 5.73 Å². The zero-order valence-electron chi connectivity index (χ0n) is 12.4. The summed E-state index contributed by atoms with van der Waals surface area (Å²) in [5.41, 5.74) is 6.30. The molecule has 2 heterocycles. The number of anilines is 2. The van der Waals surface area contributed by atoms with Crippen LogP contribution in [0.15, 0.2) is 34.0 Å². The van der Waals surface area contributed by atoms with E-state index in [0.29, 0.717) is 18.8 Å². The van der Waals surface area contributed by atoms with Crippen molar-refractivity contribution in [2.24, 2.45) is 14.1 Å². The van der Waals surface area contributed by atoms with Crippen LogP contribution in [0.25, 0.3) is 0 Å². The fourth-order valence-corrected chi connectivity index (χ4v) is 2.18. The molecule has 0 spiro atoms. The van der Waals surface area contributed by atoms with Gasteiger partial charge in [-0.25, -0.2) is 4.79 Å². The van der Waals surface area contributed by atoms with Crippen molar-refractivity contribution in [1.82, 2.24) is 14.1 Å². The fraction of sp³-hybridized carbons (Fsp3) is 0.357. The zero-order valence-corrected chi connectivity index (χ0v) is 12.4. The zero-order chi connectivity index (χ0) is 15.6. The van der Waals surface area contributed by atoms with Crippen molar-refractivity contribution < 1.29 is 0 Å². The van der Waals surface area contributed by atoms with E-state index in [9.17, 15) is 9.59 Å². The Morgan fingerprint density at radius 2 is 1.95 bits per heavy atom. The average Bonchev–Trinajstić information content (AvgIpc) is 2.51. The summed E-state index contributed by atoms with van der Waals surface area (Å²) in [5.74, 6) is 0.167. The highest BCUT2D eigenvalue weighted by atomic mass is 16.2. The maximum absolute atomic E-state index is 12.4. The Hall–Kier alpha value is -2.57. The highest BCUT2D eigenvalue weighted by Crippen LogP contribution is 2.17. The van der Waals surface area contributed by atoms with Crippen molar-refractivity contribution in [2.75, 3.05) is 17.2 Å². The largest absolute Gasteiger partial charge is 0.383 e. The smallest absolute Gasteiger partial charge is 0.332 e. The molecule has 0 aliphatic carbocycles. The monoisotopic (exact) mass is 289 g/mol. The summed E-state index contributed by atoms with van der Waals surface area (Å²) in [6.07, 6.45) is 1.70. The van der Waals surface area contributed by atoms with Gasteiger partial charge < -0.3 is 10.6 Å². The lowest BCUT2D eigenvalue weighted by Crippen LogP contribution is -2.42. The second kappa shape index (κ2) is 5.82. The molecule has 7 heteroatoms. The van der Waals surface area contributed by atoms with Crippen LogP contribution in [0, 0.1) is 0 Å². The van der Waals surface area contributed by atoms with Gasteiger partial charge in [0.15, 0.2) is 0 Å². The molecule has 2 aromatic heterocycles. The number of hydrogen-bond donors (Lipinski definition) is 1. The highest BCUT2D eigenvalue weighted by molar-refractivity contribution is 5.62. The molecular weight excluding hydrogens is 270 g/mol. The number of aromatic nitrogens is 3. The number of pyridine rings is 1. The maximum atomic E-state index is 12.4. The van der Waals surface area contributed by atoms with Crippen LogP contribution in [0.4, 0.5) is 11.5 Å². The normalized spacial score (nSPS) is 10.6. The number of hydrogen-bond acceptors (Lipinski definition) is 5. The molecule has 112 valence electrons. The van der Waals surface area contributed by atoms with Crippen molar-refractivity contribution >= 4 is 11.5 Å². The second-order valence-electron chi connectivity index (χ2n) is 4.77. The molecule has 2 aromatic rings. The van der Waals surface area contributed by atoms with Crippen molar-refractivity contribution in [3.05, 3.63) is 50.9 Å². The SMILES string of the molecule is CCN(Cc1ccccn1)c1c(N)n(C)c(=O)n(C)c1=O. The maximum Gasteiger partial charge on any atom is 0.332 e. The third kappa shape index (κ3) is 2.67. The molecule has 0 aliphatic rings. The Morgan fingerprint density at radius 1 is 1.24 bits per heavy atom. The lowest BCUT2D eigenvalue weighted by Gasteiger charge is -2.24. The molecule has 0 atom stereocenters. The van der Waals surface area contributed by atoms with Crippen LogP contribution in [-0.4, -0.2) is 20.7 Å². The van der Waals surface area contributed by atoms with Gasteiger partial charge in [0.2, 0.25) is 0 Å². The molecule has 0 saturated heterocycles. The summed E-state index contributed by atoms with van der Waals surface area (Å²) in [6.45, 7) is 2.95. The van der Waals surface area contributed by atoms with Gasteiger partial charge in [-0.05, 0) is 19.1 Å². The Kier molecular flexibility index (Phi) is 4.11. The van der Waals surface area contributed by atoms with E-state index in [0.717, 1.165) is 10.3 Å². The minimum Gasteiger partial charge on any atom is -0.383 e. The van der Waals surface area contributed by atoms with Gasteiger partial charge >= 0.3 is 5.69 Å². The van der Waals surface area contributed by atoms with Crippen LogP contribution >= 0.6 is 0 Å². The van der Waals surface area contributed by atoms with Crippen LogP contribution in [0.3, 0.4) is 0 Å². The summed E-state index contributed by atoms with van der Waals surface area (Å²) < 4.78 is 2.34. The van der Waals surface area contributed by atoms with E-state index >= 15 is 0 Å². The minimum absolute atomic E-state index is 0.167. The fourth-order valence-electron chi connectivity index (χ4n) is 2.18. The molecule has 7 nitrogen and oxygen atoms in total. The van der Waals surface area contributed by atoms with E-state index in [2.05, 4.69) is 4.98 Å². The first-order valence-corrected chi connectivity index (χ1v) is 6.67. The first-order valence-electron chi connectivity index (χ1n) is 6.67. The van der Waals surface area contributed by atoms with E-state index in [1.54, 1.807) is 13.2 Å². The summed E-state index contributed by atoms with van der Waals surface area (Å²) in [7, 11) is 3.00. The first-order chi connectivity index (χ1) is 9.97. The van der Waals surface area contributed by atoms with Crippen molar-refractivity contribution in [3.8, 4) is 0 Å². The van der Waals surface area contributed by atoms with Crippen LogP contribution in [0.2, 0.25) is 0 Å². The molecule has 2 rings (SSSR count). The van der Waals surface area contributed by atoms with E-state index in [1.165, 1.54) is 11.6 Å². The van der Waals surface area contributed by atoms with Gasteiger partial charge in [0.05, 0.1) is 12.2 Å². The predicted octanol–water partition coefficient (Wildman–Crippen LogP) is 0.0877. The molecule has 2 N–H and O–H groups in total. The Morgan fingerprint density at radius 3 is 2.52 bits per heavy atom. The number of nitrogens with zero attached hydrogens (tertiary/aromatic N) is 4. The molecule has 0 unspecified atom stereocenters. The topological polar surface area (TPSA) is 86.2 Å². The van der Waals surface area contributed by atoms with E-state index in [-0.39, 0.29) is 5.82 Å². The van der Waals surface area contributed by atoms with Crippen molar-refractivity contribution in [1.29, 1.82) is 0 Å². The summed E-state index contributed by atoms with van der Waals surface area (Å²) >= 11 is 0. The molecule has 0 saturated carbocycles. The van der Waals surface area contributed by atoms with Gasteiger partial charge in [-0.15, -0.1) is 0 Å². The van der Waals surface area contributed by atoms with Crippen molar-refractivity contribution in [3.63, 3.8) is 0 Å². The van der Waals surface area contributed by atoms with Crippen LogP contribution in [0.1, 0.15) is 12.6 Å². The number of nitrogens with two attached hydrogens (primary N) is 1. The van der Waals surface area contributed by atoms with E-state index < -0.39 is 11.2 Å². The third-order valence-corrected chi connectivity index (χ3v) is 3.46. The molecule has 0 aliphatic heterocycles. The van der Waals surface area contributed by atoms with Gasteiger partial charge in [-0.3, -0.25) is 18.9 Å². The van der Waals surface area contributed by atoms with Crippen LogP contribution < -0.4 is 21.9 Å². The molecule has 0 bridgehead atoms. The summed E-state index contributed by atoms with van der Waals surface area (Å²) in [6, 6.07) is 5.60. The van der Waals surface area contributed by atoms with Crippen molar-refractivity contribution in [2.45, 2.75) is 13.5 Å². The molecule has 0 fully saturated rings. The van der Waals surface area contributed by atoms with Gasteiger partial charge in [-0.1, -0.05) is 6.07 Å². The Balaban J connectivity index is 2.53. The van der Waals surface area contributed by atoms with E-state index in [1.807, 2.05) is 30.0 Å². The lowest BCUT2D eigenvalue weighted by atomic mass is 10.3. The van der Waals surface area contributed by atoms with Crippen LogP contribution in [-0.2, 0) is 20.6 Å². The van der Waals surface area contributed by atoms with Gasteiger partial charge in [0.25, 0.3) is 5.56 Å². The summed E-state index contributed by atoms with van der Waals surface area (Å²) in [4.78, 5) is 30.3. The van der Waals surface area contributed by atoms with Crippen LogP contribution in [0.5, 0.6) is 0 Å². The van der Waals surface area contributed by atoms with Gasteiger partial charge in [-0.2, -0.15) is 0 Å². The molecular formula is C14H19N5O2. The average molecular weight is 289 g/mol. The number of nitrogen functional groups attached to an aromatic ring is 1. The molecule has 21 heavy (non-hydrogen) atoms. The number of rotatable bonds is 4.